The minimum Gasteiger partial charge on any atom is -0.493 e. The van der Waals surface area contributed by atoms with Crippen molar-refractivity contribution in [3.05, 3.63) is 46.1 Å². The van der Waals surface area contributed by atoms with E-state index in [0.29, 0.717) is 36.0 Å². The fourth-order valence-electron chi connectivity index (χ4n) is 3.28. The van der Waals surface area contributed by atoms with Crippen LogP contribution in [0.25, 0.3) is 0 Å². The number of aliphatic imine (C=N–C) groups is 1. The number of benzene rings is 1. The zero-order chi connectivity index (χ0) is 19.6. The highest BCUT2D eigenvalue weighted by atomic mass is 32.2. The van der Waals surface area contributed by atoms with Gasteiger partial charge in [0.2, 0.25) is 0 Å². The van der Waals surface area contributed by atoms with E-state index in [1.807, 2.05) is 49.4 Å². The molecule has 0 saturated heterocycles. The largest absolute Gasteiger partial charge is 0.493 e. The van der Waals surface area contributed by atoms with E-state index in [0.717, 1.165) is 16.3 Å². The average molecular weight is 388 g/mol. The molecule has 1 unspecified atom stereocenters. The van der Waals surface area contributed by atoms with Crippen LogP contribution in [0.15, 0.2) is 40.0 Å². The fraction of sp³-hybridized carbons (Fsp3) is 0.400. The molecule has 0 aromatic heterocycles. The zero-order valence-electron chi connectivity index (χ0n) is 16.2. The summed E-state index contributed by atoms with van der Waals surface area (Å²) in [6.07, 6.45) is 1.95. The Labute approximate surface area is 163 Å². The Balaban J connectivity index is 2.17. The number of aryl methyl sites for hydroxylation is 1. The summed E-state index contributed by atoms with van der Waals surface area (Å²) in [6, 6.07) is 3.57. The molecular weight excluding hydrogens is 364 g/mol. The van der Waals surface area contributed by atoms with Crippen molar-refractivity contribution in [2.24, 2.45) is 4.99 Å². The van der Waals surface area contributed by atoms with Crippen molar-refractivity contribution in [2.75, 3.05) is 20.3 Å². The second-order valence-corrected chi connectivity index (χ2v) is 6.99. The van der Waals surface area contributed by atoms with Gasteiger partial charge in [-0.3, -0.25) is 0 Å². The molecule has 0 bridgehead atoms. The number of methoxy groups -OCH3 is 1. The van der Waals surface area contributed by atoms with E-state index in [1.54, 1.807) is 14.0 Å². The zero-order valence-corrected chi connectivity index (χ0v) is 17.1. The van der Waals surface area contributed by atoms with Crippen LogP contribution in [0.3, 0.4) is 0 Å². The molecule has 0 spiro atoms. The first-order valence-corrected chi connectivity index (χ1v) is 9.79. The van der Waals surface area contributed by atoms with Crippen molar-refractivity contribution in [3.63, 3.8) is 0 Å². The lowest BCUT2D eigenvalue weighted by atomic mass is 9.91. The van der Waals surface area contributed by atoms with Crippen molar-refractivity contribution in [1.82, 2.24) is 4.90 Å². The molecule has 2 heterocycles. The Hall–Kier alpha value is -2.41. The van der Waals surface area contributed by atoms with Crippen LogP contribution in [-0.4, -0.2) is 36.4 Å². The lowest BCUT2D eigenvalue weighted by Crippen LogP contribution is -2.34. The molecule has 144 valence electrons. The maximum Gasteiger partial charge on any atom is 0.338 e. The quantitative estimate of drug-likeness (QED) is 0.682. The molecule has 3 rings (SSSR count). The highest BCUT2D eigenvalue weighted by molar-refractivity contribution is 8.16. The van der Waals surface area contributed by atoms with Gasteiger partial charge in [0.25, 0.3) is 0 Å². The summed E-state index contributed by atoms with van der Waals surface area (Å²) >= 11 is 1.54. The van der Waals surface area contributed by atoms with Crippen LogP contribution in [0.4, 0.5) is 0 Å². The van der Waals surface area contributed by atoms with Gasteiger partial charge in [0.15, 0.2) is 16.7 Å². The molecule has 27 heavy (non-hydrogen) atoms. The molecule has 1 aromatic rings. The van der Waals surface area contributed by atoms with Crippen molar-refractivity contribution in [3.8, 4) is 11.5 Å². The summed E-state index contributed by atoms with van der Waals surface area (Å²) in [4.78, 5) is 19.4. The summed E-state index contributed by atoms with van der Waals surface area (Å²) in [6.45, 7) is 8.43. The molecule has 0 saturated carbocycles. The first kappa shape index (κ1) is 19.4. The van der Waals surface area contributed by atoms with E-state index in [1.165, 1.54) is 11.8 Å². The summed E-state index contributed by atoms with van der Waals surface area (Å²) in [7, 11) is 1.62. The van der Waals surface area contributed by atoms with E-state index in [2.05, 4.69) is 4.99 Å². The van der Waals surface area contributed by atoms with E-state index in [9.17, 15) is 4.79 Å². The van der Waals surface area contributed by atoms with Crippen molar-refractivity contribution in [2.45, 2.75) is 33.7 Å². The number of nitrogens with zero attached hydrogens (tertiary/aromatic N) is 2. The first-order valence-electron chi connectivity index (χ1n) is 8.91. The second-order valence-electron chi connectivity index (χ2n) is 6.12. The standard InChI is InChI=1S/C20H24N2O4S/c1-6-25-16-11-14(12(3)10-15(16)24-5)18-17(19(23)26-7-2)13(4)21-20-22(18)8-9-27-20/h8-11,18H,6-7H2,1-5H3. The minimum absolute atomic E-state index is 0.315. The number of hydrogen-bond acceptors (Lipinski definition) is 7. The predicted molar refractivity (Wildman–Crippen MR) is 107 cm³/mol. The molecule has 2 aliphatic rings. The summed E-state index contributed by atoms with van der Waals surface area (Å²) < 4.78 is 16.6. The van der Waals surface area contributed by atoms with Gasteiger partial charge in [-0.15, -0.1) is 0 Å². The fourth-order valence-corrected chi connectivity index (χ4v) is 4.07. The number of thioether (sulfide) groups is 1. The smallest absolute Gasteiger partial charge is 0.338 e. The van der Waals surface area contributed by atoms with Gasteiger partial charge in [-0.1, -0.05) is 11.8 Å². The number of amidine groups is 1. The Morgan fingerprint density at radius 3 is 2.67 bits per heavy atom. The SMILES string of the molecule is CCOC(=O)C1=C(C)N=C2SC=CN2C1c1cc(OCC)c(OC)cc1C. The highest BCUT2D eigenvalue weighted by Crippen LogP contribution is 2.44. The van der Waals surface area contributed by atoms with E-state index < -0.39 is 0 Å². The minimum atomic E-state index is -0.346. The van der Waals surface area contributed by atoms with Gasteiger partial charge >= 0.3 is 5.97 Å². The molecule has 0 radical (unpaired) electrons. The average Bonchev–Trinajstić information content (AvgIpc) is 3.10. The molecule has 7 heteroatoms. The number of fused-ring (bicyclic) bond motifs is 1. The Morgan fingerprint density at radius 1 is 1.22 bits per heavy atom. The lowest BCUT2D eigenvalue weighted by molar-refractivity contribution is -0.139. The van der Waals surface area contributed by atoms with Crippen LogP contribution in [-0.2, 0) is 9.53 Å². The van der Waals surface area contributed by atoms with Crippen molar-refractivity contribution in [1.29, 1.82) is 0 Å². The first-order chi connectivity index (χ1) is 13.0. The number of carbonyl (C=O) groups is 1. The normalized spacial score (nSPS) is 18.3. The summed E-state index contributed by atoms with van der Waals surface area (Å²) in [5.74, 6) is 0.982. The van der Waals surface area contributed by atoms with Gasteiger partial charge in [-0.25, -0.2) is 9.79 Å². The Bertz CT molecular complexity index is 845. The van der Waals surface area contributed by atoms with Crippen molar-refractivity contribution < 1.29 is 19.0 Å². The molecule has 0 fully saturated rings. The van der Waals surface area contributed by atoms with Crippen LogP contribution >= 0.6 is 11.8 Å². The van der Waals surface area contributed by atoms with Gasteiger partial charge < -0.3 is 19.1 Å². The number of carbonyl (C=O) groups excluding carboxylic acids is 1. The van der Waals surface area contributed by atoms with Crippen molar-refractivity contribution >= 4 is 22.9 Å². The van der Waals surface area contributed by atoms with Gasteiger partial charge in [0.05, 0.1) is 37.6 Å². The number of hydrogen-bond donors (Lipinski definition) is 0. The van der Waals surface area contributed by atoms with Crippen LogP contribution in [0.2, 0.25) is 0 Å². The number of ether oxygens (including phenoxy) is 3. The van der Waals surface area contributed by atoms with Crippen LogP contribution < -0.4 is 9.47 Å². The molecule has 0 amide bonds. The second kappa shape index (κ2) is 8.08. The van der Waals surface area contributed by atoms with Gasteiger partial charge in [0.1, 0.15) is 0 Å². The van der Waals surface area contributed by atoms with Crippen LogP contribution in [0, 0.1) is 6.92 Å². The molecule has 6 nitrogen and oxygen atoms in total. The third-order valence-electron chi connectivity index (χ3n) is 4.46. The van der Waals surface area contributed by atoms with E-state index >= 15 is 0 Å². The van der Waals surface area contributed by atoms with Gasteiger partial charge in [0, 0.05) is 6.20 Å². The monoisotopic (exact) mass is 388 g/mol. The van der Waals surface area contributed by atoms with E-state index in [4.69, 9.17) is 14.2 Å². The molecular formula is C20H24N2O4S. The highest BCUT2D eigenvalue weighted by Gasteiger charge is 2.38. The number of esters is 1. The maximum absolute atomic E-state index is 12.8. The van der Waals surface area contributed by atoms with Gasteiger partial charge in [-0.05, 0) is 56.4 Å². The Morgan fingerprint density at radius 2 is 2.00 bits per heavy atom. The molecule has 0 aliphatic carbocycles. The molecule has 2 aliphatic heterocycles. The number of allylic oxidation sites excluding steroid dienone is 1. The third-order valence-corrected chi connectivity index (χ3v) is 5.23. The summed E-state index contributed by atoms with van der Waals surface area (Å²) in [5, 5.41) is 2.81. The molecule has 0 N–H and O–H groups in total. The van der Waals surface area contributed by atoms with Gasteiger partial charge in [-0.2, -0.15) is 0 Å². The predicted octanol–water partition coefficient (Wildman–Crippen LogP) is 4.17. The topological polar surface area (TPSA) is 60.4 Å². The number of rotatable bonds is 6. The Kier molecular flexibility index (Phi) is 5.79. The lowest BCUT2D eigenvalue weighted by Gasteiger charge is -2.34. The van der Waals surface area contributed by atoms with Crippen LogP contribution in [0.1, 0.15) is 37.9 Å². The third kappa shape index (κ3) is 3.56. The maximum atomic E-state index is 12.8. The summed E-state index contributed by atoms with van der Waals surface area (Å²) in [5.41, 5.74) is 3.18. The molecule has 1 atom stereocenters. The molecule has 1 aromatic carbocycles. The van der Waals surface area contributed by atoms with E-state index in [-0.39, 0.29) is 12.0 Å². The van der Waals surface area contributed by atoms with Crippen LogP contribution in [0.5, 0.6) is 11.5 Å².